The summed E-state index contributed by atoms with van der Waals surface area (Å²) in [6.07, 6.45) is 3.17. The smallest absolute Gasteiger partial charge is 0.246 e. The Morgan fingerprint density at radius 1 is 1.35 bits per heavy atom. The van der Waals surface area contributed by atoms with Crippen molar-refractivity contribution in [3.8, 4) is 0 Å². The first kappa shape index (κ1) is 15.4. The Hall–Kier alpha value is -0.980. The minimum Gasteiger partial charge on any atom is -0.395 e. The Morgan fingerprint density at radius 3 is 2.80 bits per heavy atom. The largest absolute Gasteiger partial charge is 0.395 e. The molecule has 20 heavy (non-hydrogen) atoms. The highest BCUT2D eigenvalue weighted by Crippen LogP contribution is 2.26. The van der Waals surface area contributed by atoms with Crippen LogP contribution in [0.15, 0.2) is 23.1 Å². The van der Waals surface area contributed by atoms with Gasteiger partial charge in [0.1, 0.15) is 10.7 Å². The van der Waals surface area contributed by atoms with E-state index in [1.54, 1.807) is 13.0 Å². The molecule has 1 aromatic carbocycles. The lowest BCUT2D eigenvalue weighted by atomic mass is 10.1. The van der Waals surface area contributed by atoms with E-state index >= 15 is 0 Å². The Bertz CT molecular complexity index is 574. The van der Waals surface area contributed by atoms with Gasteiger partial charge in [-0.25, -0.2) is 12.8 Å². The SMILES string of the molecule is Cc1ccc(F)c(S(=O)(=O)N2CCCCCC2CO)c1. The van der Waals surface area contributed by atoms with Crippen molar-refractivity contribution < 1.29 is 17.9 Å². The molecule has 1 unspecified atom stereocenters. The molecule has 0 spiro atoms. The molecule has 0 amide bonds. The van der Waals surface area contributed by atoms with Crippen LogP contribution in [0.1, 0.15) is 31.2 Å². The lowest BCUT2D eigenvalue weighted by Crippen LogP contribution is -2.42. The third-order valence-electron chi connectivity index (χ3n) is 3.71. The number of sulfonamides is 1. The maximum atomic E-state index is 13.9. The van der Waals surface area contributed by atoms with Gasteiger partial charge in [0.15, 0.2) is 0 Å². The number of aliphatic hydroxyl groups excluding tert-OH is 1. The molecule has 1 heterocycles. The molecule has 0 bridgehead atoms. The van der Waals surface area contributed by atoms with Crippen LogP contribution in [0.4, 0.5) is 4.39 Å². The minimum atomic E-state index is -3.90. The molecule has 1 saturated heterocycles. The highest BCUT2D eigenvalue weighted by atomic mass is 32.2. The van der Waals surface area contributed by atoms with Crippen LogP contribution in [0.3, 0.4) is 0 Å². The number of benzene rings is 1. The van der Waals surface area contributed by atoms with Crippen LogP contribution in [-0.2, 0) is 10.0 Å². The second kappa shape index (κ2) is 6.20. The molecule has 1 aliphatic heterocycles. The summed E-state index contributed by atoms with van der Waals surface area (Å²) in [7, 11) is -3.90. The summed E-state index contributed by atoms with van der Waals surface area (Å²) in [5.41, 5.74) is 0.695. The zero-order chi connectivity index (χ0) is 14.8. The van der Waals surface area contributed by atoms with E-state index < -0.39 is 21.9 Å². The third-order valence-corrected chi connectivity index (χ3v) is 5.67. The van der Waals surface area contributed by atoms with Gasteiger partial charge in [0.05, 0.1) is 6.61 Å². The van der Waals surface area contributed by atoms with Crippen LogP contribution in [0.25, 0.3) is 0 Å². The normalized spacial score (nSPS) is 21.6. The van der Waals surface area contributed by atoms with Crippen LogP contribution in [0, 0.1) is 12.7 Å². The Labute approximate surface area is 119 Å². The quantitative estimate of drug-likeness (QED) is 0.929. The molecule has 0 radical (unpaired) electrons. The first-order chi connectivity index (χ1) is 9.46. The molecule has 2 rings (SSSR count). The summed E-state index contributed by atoms with van der Waals surface area (Å²) in [5, 5.41) is 9.42. The molecule has 0 saturated carbocycles. The highest BCUT2D eigenvalue weighted by Gasteiger charge is 2.33. The van der Waals surface area contributed by atoms with Gasteiger partial charge >= 0.3 is 0 Å². The molecule has 1 N–H and O–H groups in total. The van der Waals surface area contributed by atoms with Crippen LogP contribution >= 0.6 is 0 Å². The Morgan fingerprint density at radius 2 is 2.10 bits per heavy atom. The van der Waals surface area contributed by atoms with Crippen molar-refractivity contribution in [3.63, 3.8) is 0 Å². The van der Waals surface area contributed by atoms with E-state index in [1.165, 1.54) is 16.4 Å². The van der Waals surface area contributed by atoms with Crippen molar-refractivity contribution in [2.45, 2.75) is 43.5 Å². The average molecular weight is 301 g/mol. The summed E-state index contributed by atoms with van der Waals surface area (Å²) < 4.78 is 40.5. The summed E-state index contributed by atoms with van der Waals surface area (Å²) in [5.74, 6) is -0.739. The van der Waals surface area contributed by atoms with Crippen molar-refractivity contribution in [2.75, 3.05) is 13.2 Å². The van der Waals surface area contributed by atoms with Gasteiger partial charge in [-0.15, -0.1) is 0 Å². The first-order valence-electron chi connectivity index (χ1n) is 6.85. The number of rotatable bonds is 3. The predicted octanol–water partition coefficient (Wildman–Crippen LogP) is 2.06. The lowest BCUT2D eigenvalue weighted by molar-refractivity contribution is 0.186. The van der Waals surface area contributed by atoms with E-state index in [-0.39, 0.29) is 11.5 Å². The molecular formula is C14H20FNO3S. The number of nitrogens with zero attached hydrogens (tertiary/aromatic N) is 1. The van der Waals surface area contributed by atoms with E-state index in [9.17, 15) is 17.9 Å². The number of aliphatic hydroxyl groups is 1. The monoisotopic (exact) mass is 301 g/mol. The van der Waals surface area contributed by atoms with Gasteiger partial charge < -0.3 is 5.11 Å². The molecule has 0 aromatic heterocycles. The van der Waals surface area contributed by atoms with Gasteiger partial charge in [0.2, 0.25) is 10.0 Å². The van der Waals surface area contributed by atoms with Gasteiger partial charge in [-0.3, -0.25) is 0 Å². The van der Waals surface area contributed by atoms with Crippen LogP contribution in [-0.4, -0.2) is 37.0 Å². The molecular weight excluding hydrogens is 281 g/mol. The van der Waals surface area contributed by atoms with Crippen molar-refractivity contribution in [1.29, 1.82) is 0 Å². The van der Waals surface area contributed by atoms with Gasteiger partial charge in [0.25, 0.3) is 0 Å². The van der Waals surface area contributed by atoms with Gasteiger partial charge in [-0.2, -0.15) is 4.31 Å². The van der Waals surface area contributed by atoms with Crippen molar-refractivity contribution >= 4 is 10.0 Å². The third kappa shape index (κ3) is 3.02. The topological polar surface area (TPSA) is 57.6 Å². The zero-order valence-electron chi connectivity index (χ0n) is 11.5. The summed E-state index contributed by atoms with van der Waals surface area (Å²) in [6.45, 7) is 1.83. The summed E-state index contributed by atoms with van der Waals surface area (Å²) in [4.78, 5) is -0.294. The highest BCUT2D eigenvalue weighted by molar-refractivity contribution is 7.89. The second-order valence-corrected chi connectivity index (χ2v) is 7.09. The Balaban J connectivity index is 2.44. The van der Waals surface area contributed by atoms with Gasteiger partial charge in [0, 0.05) is 12.6 Å². The van der Waals surface area contributed by atoms with Crippen molar-refractivity contribution in [1.82, 2.24) is 4.31 Å². The fraction of sp³-hybridized carbons (Fsp3) is 0.571. The average Bonchev–Trinajstić information content (AvgIpc) is 2.66. The van der Waals surface area contributed by atoms with E-state index in [0.29, 0.717) is 18.5 Å². The molecule has 4 nitrogen and oxygen atoms in total. The van der Waals surface area contributed by atoms with Crippen LogP contribution < -0.4 is 0 Å². The maximum absolute atomic E-state index is 13.9. The van der Waals surface area contributed by atoms with Crippen LogP contribution in [0.2, 0.25) is 0 Å². The number of hydrogen-bond acceptors (Lipinski definition) is 3. The molecule has 1 fully saturated rings. The lowest BCUT2D eigenvalue weighted by Gasteiger charge is -2.27. The van der Waals surface area contributed by atoms with Gasteiger partial charge in [-0.05, 0) is 37.5 Å². The van der Waals surface area contributed by atoms with E-state index in [1.807, 2.05) is 0 Å². The zero-order valence-corrected chi connectivity index (χ0v) is 12.4. The maximum Gasteiger partial charge on any atom is 0.246 e. The van der Waals surface area contributed by atoms with E-state index in [4.69, 9.17) is 0 Å². The predicted molar refractivity (Wildman–Crippen MR) is 74.4 cm³/mol. The fourth-order valence-electron chi connectivity index (χ4n) is 2.58. The van der Waals surface area contributed by atoms with Crippen molar-refractivity contribution in [3.05, 3.63) is 29.6 Å². The number of hydrogen-bond donors (Lipinski definition) is 1. The van der Waals surface area contributed by atoms with E-state index in [2.05, 4.69) is 0 Å². The Kier molecular flexibility index (Phi) is 4.78. The molecule has 112 valence electrons. The fourth-order valence-corrected chi connectivity index (χ4v) is 4.42. The van der Waals surface area contributed by atoms with Crippen LogP contribution in [0.5, 0.6) is 0 Å². The second-order valence-electron chi connectivity index (χ2n) is 5.24. The molecule has 0 aliphatic carbocycles. The molecule has 1 aliphatic rings. The summed E-state index contributed by atoms with van der Waals surface area (Å²) >= 11 is 0. The van der Waals surface area contributed by atoms with E-state index in [0.717, 1.165) is 19.3 Å². The number of aryl methyl sites for hydroxylation is 1. The molecule has 6 heteroatoms. The minimum absolute atomic E-state index is 0.229. The first-order valence-corrected chi connectivity index (χ1v) is 8.29. The standard InChI is InChI=1S/C14H20FNO3S/c1-11-6-7-13(15)14(9-11)20(18,19)16-8-4-2-3-5-12(16)10-17/h6-7,9,12,17H,2-5,8,10H2,1H3. The number of halogens is 1. The van der Waals surface area contributed by atoms with Gasteiger partial charge in [-0.1, -0.05) is 18.9 Å². The molecule has 1 atom stereocenters. The van der Waals surface area contributed by atoms with Crippen molar-refractivity contribution in [2.24, 2.45) is 0 Å². The molecule has 1 aromatic rings. The summed E-state index contributed by atoms with van der Waals surface area (Å²) in [6, 6.07) is 3.61.